The molecule has 3 heteroatoms. The fourth-order valence-corrected chi connectivity index (χ4v) is 1.22. The van der Waals surface area contributed by atoms with Gasteiger partial charge in [-0.25, -0.2) is 0 Å². The van der Waals surface area contributed by atoms with Crippen LogP contribution in [0, 0.1) is 0 Å². The molecular weight excluding hydrogens is 154 g/mol. The van der Waals surface area contributed by atoms with Gasteiger partial charge in [-0.3, -0.25) is 0 Å². The van der Waals surface area contributed by atoms with Gasteiger partial charge in [0, 0.05) is 18.2 Å². The third-order valence-electron chi connectivity index (χ3n) is 2.02. The summed E-state index contributed by atoms with van der Waals surface area (Å²) < 4.78 is 5.05. The average molecular weight is 165 g/mol. The van der Waals surface area contributed by atoms with Gasteiger partial charge < -0.3 is 15.2 Å². The molecule has 1 aromatic carbocycles. The van der Waals surface area contributed by atoms with Gasteiger partial charge in [0.1, 0.15) is 11.5 Å². The molecule has 1 atom stereocenters. The van der Waals surface area contributed by atoms with E-state index in [0.29, 0.717) is 11.8 Å². The number of rotatable bonds is 2. The van der Waals surface area contributed by atoms with E-state index in [-0.39, 0.29) is 0 Å². The Hall–Kier alpha value is -1.22. The number of hydrogen-bond acceptors (Lipinski definition) is 3. The third-order valence-corrected chi connectivity index (χ3v) is 2.02. The van der Waals surface area contributed by atoms with Crippen LogP contribution in [0.1, 0.15) is 11.6 Å². The molecule has 2 N–H and O–H groups in total. The Labute approximate surface area is 71.0 Å². The number of hydrogen-bond donors (Lipinski definition) is 2. The second-order valence-corrected chi connectivity index (χ2v) is 2.89. The van der Waals surface area contributed by atoms with Gasteiger partial charge in [0.15, 0.2) is 0 Å². The fraction of sp³-hybridized carbons (Fsp3) is 0.333. The summed E-state index contributed by atoms with van der Waals surface area (Å²) in [4.78, 5) is 0. The van der Waals surface area contributed by atoms with Gasteiger partial charge in [-0.1, -0.05) is 0 Å². The van der Waals surface area contributed by atoms with Crippen LogP contribution in [0.5, 0.6) is 11.5 Å². The maximum absolute atomic E-state index is 9.45. The molecule has 2 rings (SSSR count). The van der Waals surface area contributed by atoms with Gasteiger partial charge in [-0.15, -0.1) is 0 Å². The monoisotopic (exact) mass is 165 g/mol. The van der Waals surface area contributed by atoms with E-state index >= 15 is 0 Å². The summed E-state index contributed by atoms with van der Waals surface area (Å²) >= 11 is 0. The van der Waals surface area contributed by atoms with Crippen molar-refractivity contribution in [2.75, 3.05) is 13.7 Å². The van der Waals surface area contributed by atoms with Crippen LogP contribution in [0.2, 0.25) is 0 Å². The van der Waals surface area contributed by atoms with Crippen LogP contribution in [-0.2, 0) is 0 Å². The van der Waals surface area contributed by atoms with Gasteiger partial charge in [-0.05, 0) is 18.2 Å². The van der Waals surface area contributed by atoms with E-state index in [0.717, 1.165) is 17.9 Å². The number of phenolic OH excluding ortho intramolecular Hbond substituents is 1. The van der Waals surface area contributed by atoms with Crippen molar-refractivity contribution in [1.29, 1.82) is 0 Å². The summed E-state index contributed by atoms with van der Waals surface area (Å²) in [6.45, 7) is 0.945. The van der Waals surface area contributed by atoms with Crippen molar-refractivity contribution in [3.63, 3.8) is 0 Å². The van der Waals surface area contributed by atoms with Crippen molar-refractivity contribution in [2.45, 2.75) is 6.04 Å². The lowest BCUT2D eigenvalue weighted by molar-refractivity contribution is 0.410. The quantitative estimate of drug-likeness (QED) is 0.644. The zero-order chi connectivity index (χ0) is 8.55. The Morgan fingerprint density at radius 2 is 2.33 bits per heavy atom. The summed E-state index contributed by atoms with van der Waals surface area (Å²) in [5.74, 6) is 1.13. The first kappa shape index (κ1) is 7.43. The van der Waals surface area contributed by atoms with Gasteiger partial charge in [-0.2, -0.15) is 0 Å². The minimum absolute atomic E-state index is 0.320. The van der Waals surface area contributed by atoms with Crippen LogP contribution in [0.25, 0.3) is 0 Å². The second-order valence-electron chi connectivity index (χ2n) is 2.89. The molecule has 0 aliphatic carbocycles. The molecule has 3 nitrogen and oxygen atoms in total. The Bertz CT molecular complexity index is 295. The van der Waals surface area contributed by atoms with E-state index in [4.69, 9.17) is 4.74 Å². The molecule has 0 unspecified atom stereocenters. The molecule has 1 aromatic rings. The van der Waals surface area contributed by atoms with Crippen LogP contribution in [-0.4, -0.2) is 18.8 Å². The standard InChI is InChI=1S/C9H11NO2/c1-12-6-2-3-9(11)7(4-6)8-5-10-8/h2-4,8,10-11H,5H2,1H3/t8-/m1/s1. The van der Waals surface area contributed by atoms with Crippen LogP contribution < -0.4 is 10.1 Å². The Balaban J connectivity index is 2.36. The number of phenols is 1. The summed E-state index contributed by atoms with van der Waals surface area (Å²) in [6.07, 6.45) is 0. The van der Waals surface area contributed by atoms with Crippen molar-refractivity contribution in [3.8, 4) is 11.5 Å². The van der Waals surface area contributed by atoms with Crippen LogP contribution in [0.3, 0.4) is 0 Å². The highest BCUT2D eigenvalue weighted by atomic mass is 16.5. The number of ether oxygens (including phenoxy) is 1. The molecule has 64 valence electrons. The maximum Gasteiger partial charge on any atom is 0.120 e. The minimum atomic E-state index is 0.320. The summed E-state index contributed by atoms with van der Waals surface area (Å²) in [7, 11) is 1.62. The van der Waals surface area contributed by atoms with Gasteiger partial charge in [0.25, 0.3) is 0 Å². The van der Waals surface area contributed by atoms with Crippen molar-refractivity contribution in [1.82, 2.24) is 5.32 Å². The molecule has 0 bridgehead atoms. The van der Waals surface area contributed by atoms with Crippen LogP contribution >= 0.6 is 0 Å². The predicted octanol–water partition coefficient (Wildman–Crippen LogP) is 1.05. The smallest absolute Gasteiger partial charge is 0.120 e. The molecule has 0 spiro atoms. The van der Waals surface area contributed by atoms with Gasteiger partial charge in [0.05, 0.1) is 7.11 Å². The van der Waals surface area contributed by atoms with E-state index in [2.05, 4.69) is 5.32 Å². The molecule has 0 radical (unpaired) electrons. The molecule has 12 heavy (non-hydrogen) atoms. The summed E-state index contributed by atoms with van der Waals surface area (Å²) in [5.41, 5.74) is 0.925. The van der Waals surface area contributed by atoms with Crippen molar-refractivity contribution in [2.24, 2.45) is 0 Å². The topological polar surface area (TPSA) is 51.4 Å². The van der Waals surface area contributed by atoms with E-state index < -0.39 is 0 Å². The average Bonchev–Trinajstić information content (AvgIpc) is 2.88. The predicted molar refractivity (Wildman–Crippen MR) is 45.4 cm³/mol. The fourth-order valence-electron chi connectivity index (χ4n) is 1.22. The normalized spacial score (nSPS) is 20.6. The zero-order valence-corrected chi connectivity index (χ0v) is 6.87. The van der Waals surface area contributed by atoms with E-state index in [9.17, 15) is 5.11 Å². The number of benzene rings is 1. The van der Waals surface area contributed by atoms with E-state index in [1.54, 1.807) is 19.2 Å². The van der Waals surface area contributed by atoms with Crippen molar-refractivity contribution < 1.29 is 9.84 Å². The lowest BCUT2D eigenvalue weighted by Gasteiger charge is -2.04. The Kier molecular flexibility index (Phi) is 1.66. The molecule has 1 aliphatic rings. The van der Waals surface area contributed by atoms with Gasteiger partial charge in [0.2, 0.25) is 0 Å². The molecular formula is C9H11NO2. The lowest BCUT2D eigenvalue weighted by atomic mass is 10.1. The number of aromatic hydroxyl groups is 1. The number of nitrogens with one attached hydrogen (secondary N) is 1. The highest BCUT2D eigenvalue weighted by Gasteiger charge is 2.25. The molecule has 0 aromatic heterocycles. The highest BCUT2D eigenvalue weighted by Crippen LogP contribution is 2.32. The molecule has 1 heterocycles. The zero-order valence-electron chi connectivity index (χ0n) is 6.87. The molecule has 0 saturated carbocycles. The molecule has 1 aliphatic heterocycles. The van der Waals surface area contributed by atoms with Crippen LogP contribution in [0.4, 0.5) is 0 Å². The Morgan fingerprint density at radius 3 is 2.92 bits per heavy atom. The third kappa shape index (κ3) is 1.23. The largest absolute Gasteiger partial charge is 0.508 e. The molecule has 1 saturated heterocycles. The first-order valence-electron chi connectivity index (χ1n) is 3.91. The van der Waals surface area contributed by atoms with Crippen LogP contribution in [0.15, 0.2) is 18.2 Å². The maximum atomic E-state index is 9.45. The first-order chi connectivity index (χ1) is 5.81. The van der Waals surface area contributed by atoms with Crippen molar-refractivity contribution >= 4 is 0 Å². The first-order valence-corrected chi connectivity index (χ1v) is 3.91. The SMILES string of the molecule is COc1ccc(O)c([C@H]2CN2)c1. The summed E-state index contributed by atoms with van der Waals surface area (Å²) in [6, 6.07) is 5.59. The van der Waals surface area contributed by atoms with E-state index in [1.807, 2.05) is 6.07 Å². The number of methoxy groups -OCH3 is 1. The highest BCUT2D eigenvalue weighted by molar-refractivity contribution is 5.43. The second kappa shape index (κ2) is 2.68. The van der Waals surface area contributed by atoms with Crippen molar-refractivity contribution in [3.05, 3.63) is 23.8 Å². The minimum Gasteiger partial charge on any atom is -0.508 e. The molecule has 0 amide bonds. The molecule has 1 fully saturated rings. The summed E-state index contributed by atoms with van der Waals surface area (Å²) in [5, 5.41) is 12.6. The van der Waals surface area contributed by atoms with Gasteiger partial charge >= 0.3 is 0 Å². The Morgan fingerprint density at radius 1 is 1.58 bits per heavy atom. The van der Waals surface area contributed by atoms with E-state index in [1.165, 1.54) is 0 Å². The lowest BCUT2D eigenvalue weighted by Crippen LogP contribution is -1.88.